The molecule has 0 aliphatic rings. The average Bonchev–Trinajstić information content (AvgIpc) is 3.36. The zero-order valence-electron chi connectivity index (χ0n) is 25.9. The summed E-state index contributed by atoms with van der Waals surface area (Å²) in [5.41, 5.74) is 0.857. The van der Waals surface area contributed by atoms with Crippen LogP contribution in [0.1, 0.15) is 59.7 Å². The topological polar surface area (TPSA) is 114 Å². The quantitative estimate of drug-likeness (QED) is 0.0640. The average molecular weight is 627 g/mol. The Morgan fingerprint density at radius 2 is 1.93 bits per heavy atom. The summed E-state index contributed by atoms with van der Waals surface area (Å²) in [6.07, 6.45) is 6.93. The zero-order chi connectivity index (χ0) is 31.6. The van der Waals surface area contributed by atoms with E-state index in [0.29, 0.717) is 29.0 Å². The molecule has 0 aliphatic carbocycles. The van der Waals surface area contributed by atoms with Gasteiger partial charge in [0.15, 0.2) is 5.82 Å². The highest BCUT2D eigenvalue weighted by atomic mass is 35.5. The minimum Gasteiger partial charge on any atom is -0.480 e. The second kappa shape index (κ2) is 15.5. The van der Waals surface area contributed by atoms with Crippen LogP contribution in [-0.4, -0.2) is 57.3 Å². The highest BCUT2D eigenvalue weighted by Crippen LogP contribution is 2.33. The van der Waals surface area contributed by atoms with Crippen LogP contribution in [0.4, 0.5) is 11.4 Å². The van der Waals surface area contributed by atoms with Crippen LogP contribution in [0.3, 0.4) is 0 Å². The zero-order valence-corrected chi connectivity index (χ0v) is 27.4. The number of nitrogens with one attached hydrogen (secondary N) is 2. The van der Waals surface area contributed by atoms with Crippen LogP contribution in [0.5, 0.6) is 0 Å². The molecule has 0 amide bonds. The van der Waals surface area contributed by atoms with Gasteiger partial charge in [0.2, 0.25) is 0 Å². The summed E-state index contributed by atoms with van der Waals surface area (Å²) in [5, 5.41) is 26.3. The van der Waals surface area contributed by atoms with Crippen molar-refractivity contribution in [2.24, 2.45) is 10.4 Å². The molecule has 0 bridgehead atoms. The van der Waals surface area contributed by atoms with Crippen molar-refractivity contribution in [3.05, 3.63) is 59.4 Å². The number of thioether (sulfide) groups is 1. The molecule has 2 atom stereocenters. The number of allylic oxidation sites excluding steroid dienone is 1. The van der Waals surface area contributed by atoms with Crippen molar-refractivity contribution in [1.29, 1.82) is 0 Å². The van der Waals surface area contributed by atoms with Gasteiger partial charge in [-0.2, -0.15) is 0 Å². The summed E-state index contributed by atoms with van der Waals surface area (Å²) in [7, 11) is 1.56. The number of carbonyl (C=O) groups is 1. The Kier molecular flexibility index (Phi) is 12.4. The SMILES string of the molecule is C=Nc1ccc(Cl)cc1SCNc1ccc(-c2nnc(CC(N[C@](C)(C(=O)O)C(C)(C)C)OC)n2/C=C\CCCC)cc1. The van der Waals surface area contributed by atoms with E-state index in [0.717, 1.165) is 41.1 Å². The molecule has 0 aliphatic heterocycles. The fourth-order valence-electron chi connectivity index (χ4n) is 4.27. The predicted octanol–water partition coefficient (Wildman–Crippen LogP) is 7.75. The number of hydrogen-bond donors (Lipinski definition) is 3. The third-order valence-electron chi connectivity index (χ3n) is 7.51. The number of ether oxygens (including phenoxy) is 1. The molecule has 3 aromatic rings. The van der Waals surface area contributed by atoms with Crippen molar-refractivity contribution < 1.29 is 14.6 Å². The molecule has 0 saturated carbocycles. The van der Waals surface area contributed by atoms with E-state index in [-0.39, 0.29) is 0 Å². The lowest BCUT2D eigenvalue weighted by molar-refractivity contribution is -0.151. The Hall–Kier alpha value is -3.18. The molecule has 1 aromatic heterocycles. The summed E-state index contributed by atoms with van der Waals surface area (Å²) < 4.78 is 7.67. The van der Waals surface area contributed by atoms with Crippen molar-refractivity contribution in [3.8, 4) is 11.4 Å². The number of carboxylic acids is 1. The van der Waals surface area contributed by atoms with Gasteiger partial charge in [0.1, 0.15) is 17.6 Å². The van der Waals surface area contributed by atoms with Gasteiger partial charge in [-0.05, 0) is 67.9 Å². The molecule has 232 valence electrons. The Bertz CT molecular complexity index is 1400. The number of hydrogen-bond acceptors (Lipinski definition) is 8. The normalized spacial score (nSPS) is 14.0. The van der Waals surface area contributed by atoms with E-state index in [1.807, 2.05) is 67.9 Å². The van der Waals surface area contributed by atoms with Gasteiger partial charge in [-0.1, -0.05) is 58.2 Å². The number of anilines is 1. The molecule has 3 rings (SSSR count). The summed E-state index contributed by atoms with van der Waals surface area (Å²) in [6, 6.07) is 13.5. The van der Waals surface area contributed by atoms with Gasteiger partial charge in [-0.3, -0.25) is 19.7 Å². The number of aromatic nitrogens is 3. The van der Waals surface area contributed by atoms with Crippen molar-refractivity contribution >= 4 is 53.6 Å². The minimum absolute atomic E-state index is 0.322. The van der Waals surface area contributed by atoms with Gasteiger partial charge >= 0.3 is 5.97 Å². The van der Waals surface area contributed by atoms with Gasteiger partial charge in [-0.25, -0.2) is 0 Å². The van der Waals surface area contributed by atoms with Crippen LogP contribution in [-0.2, 0) is 16.0 Å². The molecule has 0 spiro atoms. The lowest BCUT2D eigenvalue weighted by atomic mass is 9.74. The molecule has 11 heteroatoms. The number of aliphatic imine (C=N–C) groups is 1. The Labute approximate surface area is 264 Å². The van der Waals surface area contributed by atoms with Crippen molar-refractivity contribution in [2.45, 2.75) is 77.0 Å². The van der Waals surface area contributed by atoms with E-state index in [9.17, 15) is 9.90 Å². The van der Waals surface area contributed by atoms with E-state index in [2.05, 4.69) is 45.5 Å². The number of nitrogens with zero attached hydrogens (tertiary/aromatic N) is 4. The number of methoxy groups -OCH3 is 1. The first-order chi connectivity index (χ1) is 20.4. The third kappa shape index (κ3) is 8.92. The smallest absolute Gasteiger partial charge is 0.324 e. The lowest BCUT2D eigenvalue weighted by Crippen LogP contribution is -2.62. The molecule has 0 radical (unpaired) electrons. The summed E-state index contributed by atoms with van der Waals surface area (Å²) >= 11 is 7.75. The largest absolute Gasteiger partial charge is 0.480 e. The molecule has 1 heterocycles. The maximum absolute atomic E-state index is 12.3. The summed E-state index contributed by atoms with van der Waals surface area (Å²) in [6.45, 7) is 13.1. The van der Waals surface area contributed by atoms with Gasteiger partial charge in [-0.15, -0.1) is 22.0 Å². The molecule has 0 saturated heterocycles. The van der Waals surface area contributed by atoms with Crippen LogP contribution in [0.2, 0.25) is 5.02 Å². The van der Waals surface area contributed by atoms with E-state index < -0.39 is 23.2 Å². The monoisotopic (exact) mass is 626 g/mol. The predicted molar refractivity (Wildman–Crippen MR) is 178 cm³/mol. The lowest BCUT2D eigenvalue weighted by Gasteiger charge is -2.41. The van der Waals surface area contributed by atoms with Crippen LogP contribution in [0.15, 0.2) is 58.4 Å². The van der Waals surface area contributed by atoms with Crippen molar-refractivity contribution in [3.63, 3.8) is 0 Å². The second-order valence-corrected chi connectivity index (χ2v) is 12.9. The highest BCUT2D eigenvalue weighted by Gasteiger charge is 2.46. The maximum Gasteiger partial charge on any atom is 0.324 e. The molecule has 3 N–H and O–H groups in total. The Morgan fingerprint density at radius 3 is 2.53 bits per heavy atom. The molecule has 0 fully saturated rings. The fourth-order valence-corrected chi connectivity index (χ4v) is 5.39. The van der Waals surface area contributed by atoms with Gasteiger partial charge in [0, 0.05) is 40.9 Å². The molecule has 43 heavy (non-hydrogen) atoms. The van der Waals surface area contributed by atoms with Crippen LogP contribution in [0, 0.1) is 5.41 Å². The number of aliphatic carboxylic acids is 1. The highest BCUT2D eigenvalue weighted by molar-refractivity contribution is 7.99. The third-order valence-corrected chi connectivity index (χ3v) is 8.68. The molecular formula is C32H43ClN6O3S. The maximum atomic E-state index is 12.3. The number of halogens is 1. The number of benzene rings is 2. The van der Waals surface area contributed by atoms with Gasteiger partial charge in [0.25, 0.3) is 0 Å². The van der Waals surface area contributed by atoms with E-state index in [4.69, 9.17) is 16.3 Å². The van der Waals surface area contributed by atoms with Gasteiger partial charge in [0.05, 0.1) is 11.6 Å². The summed E-state index contributed by atoms with van der Waals surface area (Å²) in [4.78, 5) is 17.3. The Balaban J connectivity index is 1.81. The van der Waals surface area contributed by atoms with Crippen LogP contribution < -0.4 is 10.6 Å². The van der Waals surface area contributed by atoms with E-state index >= 15 is 0 Å². The van der Waals surface area contributed by atoms with Crippen LogP contribution >= 0.6 is 23.4 Å². The summed E-state index contributed by atoms with van der Waals surface area (Å²) in [5.74, 6) is 1.03. The first-order valence-electron chi connectivity index (χ1n) is 14.3. The van der Waals surface area contributed by atoms with Crippen molar-refractivity contribution in [1.82, 2.24) is 20.1 Å². The number of unbranched alkanes of at least 4 members (excludes halogenated alkanes) is 2. The first kappa shape index (κ1) is 34.3. The van der Waals surface area contributed by atoms with E-state index in [1.165, 1.54) is 0 Å². The van der Waals surface area contributed by atoms with Crippen molar-refractivity contribution in [2.75, 3.05) is 18.3 Å². The molecule has 9 nitrogen and oxygen atoms in total. The standard InChI is InChI=1S/C32H43ClN6O3S/c1-8-9-10-11-18-39-27(20-28(42-7)36-32(5,30(40)41)31(2,3)4)37-38-29(39)22-12-15-24(16-13-22)35-21-43-26-19-23(33)14-17-25(26)34-6/h11-19,28,35-36H,6,8-10,20-21H2,1-5,7H3,(H,40,41)/b18-11-/t28?,32-/m1/s1. The Morgan fingerprint density at radius 1 is 1.21 bits per heavy atom. The fraction of sp³-hybridized carbons (Fsp3) is 0.438. The molecule has 1 unspecified atom stereocenters. The minimum atomic E-state index is -1.23. The number of rotatable bonds is 16. The molecule has 2 aromatic carbocycles. The first-order valence-corrected chi connectivity index (χ1v) is 15.7. The van der Waals surface area contributed by atoms with E-state index in [1.54, 1.807) is 31.9 Å². The molecular weight excluding hydrogens is 584 g/mol. The van der Waals surface area contributed by atoms with Gasteiger partial charge < -0.3 is 15.2 Å². The van der Waals surface area contributed by atoms with Crippen LogP contribution in [0.25, 0.3) is 17.6 Å². The number of carboxylic acid groups (broad SMARTS) is 1. The second-order valence-electron chi connectivity index (χ2n) is 11.4.